The third kappa shape index (κ3) is 3.80. The minimum atomic E-state index is -0.427. The van der Waals surface area contributed by atoms with Crippen molar-refractivity contribution in [3.8, 4) is 5.75 Å². The van der Waals surface area contributed by atoms with Crippen LogP contribution in [0.4, 0.5) is 9.18 Å². The summed E-state index contributed by atoms with van der Waals surface area (Å²) in [5.41, 5.74) is 0.775. The first-order chi connectivity index (χ1) is 12.6. The fourth-order valence-corrected chi connectivity index (χ4v) is 4.91. The van der Waals surface area contributed by atoms with Gasteiger partial charge in [-0.25, -0.2) is 9.18 Å². The number of rotatable bonds is 3. The first kappa shape index (κ1) is 17.6. The van der Waals surface area contributed by atoms with Crippen molar-refractivity contribution in [3.63, 3.8) is 0 Å². The maximum atomic E-state index is 13.6. The van der Waals surface area contributed by atoms with E-state index < -0.39 is 5.82 Å². The molecule has 0 saturated carbocycles. The highest BCUT2D eigenvalue weighted by molar-refractivity contribution is 5.74. The molecular formula is C20H28FN3O2. The van der Waals surface area contributed by atoms with Gasteiger partial charge in [0.25, 0.3) is 0 Å². The summed E-state index contributed by atoms with van der Waals surface area (Å²) < 4.78 is 13.6. The monoisotopic (exact) mass is 361 g/mol. The number of hydrogen-bond donors (Lipinski definition) is 2. The fourth-order valence-electron chi connectivity index (χ4n) is 4.91. The van der Waals surface area contributed by atoms with Crippen LogP contribution < -0.4 is 5.32 Å². The molecule has 2 bridgehead atoms. The van der Waals surface area contributed by atoms with Crippen LogP contribution in [-0.2, 0) is 0 Å². The third-order valence-corrected chi connectivity index (χ3v) is 6.39. The largest absolute Gasteiger partial charge is 0.508 e. The van der Waals surface area contributed by atoms with Crippen molar-refractivity contribution in [1.82, 2.24) is 15.1 Å². The normalized spacial score (nSPS) is 31.0. The number of nitrogens with zero attached hydrogens (tertiary/aromatic N) is 2. The number of fused-ring (bicyclic) bond motifs is 3. The number of urea groups is 1. The summed E-state index contributed by atoms with van der Waals surface area (Å²) in [5.74, 6) is 0.924. The molecule has 6 heteroatoms. The standard InChI is InChI=1S/C20H28FN3O2/c21-18-8-16(9-19(25)10-18)15-2-1-5-24(13-15)20(26)22-11-17-12-23-6-3-14(17)4-7-23/h8-10,14-15,17,25H,1-7,11-13H2,(H,22,26). The Hall–Kier alpha value is -1.82. The van der Waals surface area contributed by atoms with Gasteiger partial charge >= 0.3 is 6.03 Å². The predicted molar refractivity (Wildman–Crippen MR) is 97.7 cm³/mol. The maximum Gasteiger partial charge on any atom is 0.317 e. The molecule has 2 amide bonds. The summed E-state index contributed by atoms with van der Waals surface area (Å²) in [7, 11) is 0. The molecule has 4 heterocycles. The highest BCUT2D eigenvalue weighted by atomic mass is 19.1. The van der Waals surface area contributed by atoms with Crippen LogP contribution in [0.15, 0.2) is 18.2 Å². The molecule has 0 spiro atoms. The molecule has 4 aliphatic heterocycles. The molecule has 2 N–H and O–H groups in total. The van der Waals surface area contributed by atoms with E-state index in [0.29, 0.717) is 12.5 Å². The number of phenols is 1. The van der Waals surface area contributed by atoms with Crippen LogP contribution in [0.25, 0.3) is 0 Å². The van der Waals surface area contributed by atoms with Crippen LogP contribution in [0.5, 0.6) is 5.75 Å². The molecule has 142 valence electrons. The van der Waals surface area contributed by atoms with Crippen molar-refractivity contribution >= 4 is 6.03 Å². The second-order valence-corrected chi connectivity index (χ2v) is 8.11. The van der Waals surface area contributed by atoms with Gasteiger partial charge in [0.15, 0.2) is 0 Å². The summed E-state index contributed by atoms with van der Waals surface area (Å²) in [4.78, 5) is 17.0. The van der Waals surface area contributed by atoms with E-state index in [1.807, 2.05) is 4.90 Å². The zero-order valence-electron chi connectivity index (χ0n) is 15.2. The lowest BCUT2D eigenvalue weighted by atomic mass is 9.79. The molecule has 5 rings (SSSR count). The van der Waals surface area contributed by atoms with Crippen molar-refractivity contribution in [3.05, 3.63) is 29.6 Å². The molecule has 2 unspecified atom stereocenters. The average Bonchev–Trinajstić information content (AvgIpc) is 2.66. The number of hydrogen-bond acceptors (Lipinski definition) is 3. The molecule has 1 aromatic carbocycles. The van der Waals surface area contributed by atoms with E-state index in [0.717, 1.165) is 50.0 Å². The van der Waals surface area contributed by atoms with E-state index in [9.17, 15) is 14.3 Å². The number of carbonyl (C=O) groups is 1. The van der Waals surface area contributed by atoms with Crippen molar-refractivity contribution in [2.75, 3.05) is 39.3 Å². The number of amides is 2. The zero-order chi connectivity index (χ0) is 18.1. The van der Waals surface area contributed by atoms with Crippen molar-refractivity contribution in [1.29, 1.82) is 0 Å². The number of halogens is 1. The van der Waals surface area contributed by atoms with E-state index in [2.05, 4.69) is 10.2 Å². The highest BCUT2D eigenvalue weighted by Gasteiger charge is 2.34. The van der Waals surface area contributed by atoms with Gasteiger partial charge < -0.3 is 20.2 Å². The molecule has 0 radical (unpaired) electrons. The first-order valence-corrected chi connectivity index (χ1v) is 9.83. The fraction of sp³-hybridized carbons (Fsp3) is 0.650. The van der Waals surface area contributed by atoms with Crippen LogP contribution >= 0.6 is 0 Å². The first-order valence-electron chi connectivity index (χ1n) is 9.83. The Labute approximate surface area is 154 Å². The molecule has 0 aliphatic carbocycles. The molecule has 4 saturated heterocycles. The van der Waals surface area contributed by atoms with Gasteiger partial charge in [0.05, 0.1) is 0 Å². The number of carbonyl (C=O) groups excluding carboxylic acids is 1. The Balaban J connectivity index is 1.33. The molecular weight excluding hydrogens is 333 g/mol. The highest BCUT2D eigenvalue weighted by Crippen LogP contribution is 2.32. The number of benzene rings is 1. The lowest BCUT2D eigenvalue weighted by Gasteiger charge is -2.45. The quantitative estimate of drug-likeness (QED) is 0.870. The molecule has 4 fully saturated rings. The molecule has 26 heavy (non-hydrogen) atoms. The number of likely N-dealkylation sites (tertiary alicyclic amines) is 1. The molecule has 0 aromatic heterocycles. The molecule has 4 aliphatic rings. The van der Waals surface area contributed by atoms with Gasteiger partial charge in [-0.05, 0) is 68.3 Å². The summed E-state index contributed by atoms with van der Waals surface area (Å²) in [6.07, 6.45) is 4.33. The van der Waals surface area contributed by atoms with Crippen LogP contribution in [0.3, 0.4) is 0 Å². The van der Waals surface area contributed by atoms with Crippen LogP contribution in [0, 0.1) is 17.7 Å². The minimum absolute atomic E-state index is 0.00762. The topological polar surface area (TPSA) is 55.8 Å². The zero-order valence-corrected chi connectivity index (χ0v) is 15.2. The van der Waals surface area contributed by atoms with E-state index in [-0.39, 0.29) is 17.7 Å². The average molecular weight is 361 g/mol. The van der Waals surface area contributed by atoms with Gasteiger partial charge in [-0.1, -0.05) is 0 Å². The summed E-state index contributed by atoms with van der Waals surface area (Å²) in [6.45, 7) is 5.60. The molecule has 2 atom stereocenters. The van der Waals surface area contributed by atoms with E-state index >= 15 is 0 Å². The van der Waals surface area contributed by atoms with E-state index in [1.54, 1.807) is 6.07 Å². The lowest BCUT2D eigenvalue weighted by molar-refractivity contribution is 0.0512. The second kappa shape index (κ2) is 7.43. The van der Waals surface area contributed by atoms with Crippen LogP contribution in [0.2, 0.25) is 0 Å². The van der Waals surface area contributed by atoms with Crippen LogP contribution in [0.1, 0.15) is 37.2 Å². The van der Waals surface area contributed by atoms with Gasteiger partial charge in [0.2, 0.25) is 0 Å². The van der Waals surface area contributed by atoms with Crippen LogP contribution in [-0.4, -0.2) is 60.2 Å². The van der Waals surface area contributed by atoms with E-state index in [1.165, 1.54) is 32.0 Å². The summed E-state index contributed by atoms with van der Waals surface area (Å²) >= 11 is 0. The predicted octanol–water partition coefficient (Wildman–Crippen LogP) is 2.76. The van der Waals surface area contributed by atoms with Gasteiger partial charge in [-0.3, -0.25) is 0 Å². The van der Waals surface area contributed by atoms with Gasteiger partial charge in [0.1, 0.15) is 11.6 Å². The second-order valence-electron chi connectivity index (χ2n) is 8.11. The summed E-state index contributed by atoms with van der Waals surface area (Å²) in [5, 5.41) is 12.8. The van der Waals surface area contributed by atoms with Crippen molar-refractivity contribution < 1.29 is 14.3 Å². The lowest BCUT2D eigenvalue weighted by Crippen LogP contribution is -2.52. The maximum absolute atomic E-state index is 13.6. The summed E-state index contributed by atoms with van der Waals surface area (Å²) in [6, 6.07) is 4.19. The van der Waals surface area contributed by atoms with Gasteiger partial charge in [-0.2, -0.15) is 0 Å². The Kier molecular flexibility index (Phi) is 5.02. The number of piperidine rings is 4. The van der Waals surface area contributed by atoms with E-state index in [4.69, 9.17) is 0 Å². The SMILES string of the molecule is O=C(NCC1CN2CCC1CC2)N1CCCC(c2cc(O)cc(F)c2)C1. The molecule has 1 aromatic rings. The Morgan fingerprint density at radius 3 is 2.65 bits per heavy atom. The van der Waals surface area contributed by atoms with Crippen molar-refractivity contribution in [2.24, 2.45) is 11.8 Å². The van der Waals surface area contributed by atoms with Gasteiger partial charge in [0, 0.05) is 38.2 Å². The third-order valence-electron chi connectivity index (χ3n) is 6.39. The Morgan fingerprint density at radius 2 is 1.96 bits per heavy atom. The molecule has 5 nitrogen and oxygen atoms in total. The Morgan fingerprint density at radius 1 is 1.15 bits per heavy atom. The van der Waals surface area contributed by atoms with Gasteiger partial charge in [-0.15, -0.1) is 0 Å². The number of nitrogens with one attached hydrogen (secondary N) is 1. The Bertz CT molecular complexity index is 640. The smallest absolute Gasteiger partial charge is 0.317 e. The minimum Gasteiger partial charge on any atom is -0.508 e. The van der Waals surface area contributed by atoms with Crippen molar-refractivity contribution in [2.45, 2.75) is 31.6 Å². The number of phenolic OH excluding ortho intramolecular Hbond substituents is 1. The number of aromatic hydroxyl groups is 1.